The first-order valence-electron chi connectivity index (χ1n) is 14.0. The molecular weight excluding hydrogens is 522 g/mol. The van der Waals surface area contributed by atoms with Crippen LogP contribution in [0.1, 0.15) is 62.2 Å². The highest BCUT2D eigenvalue weighted by molar-refractivity contribution is 8.14. The van der Waals surface area contributed by atoms with Crippen LogP contribution in [0.25, 0.3) is 10.8 Å². The molecule has 1 amide bonds. The molecule has 10 heteroatoms. The van der Waals surface area contributed by atoms with E-state index in [0.717, 1.165) is 71.5 Å². The molecule has 1 N–H and O–H groups in total. The summed E-state index contributed by atoms with van der Waals surface area (Å²) in [6, 6.07) is 7.49. The predicted octanol–water partition coefficient (Wildman–Crippen LogP) is 4.82. The Morgan fingerprint density at radius 2 is 1.90 bits per heavy atom. The molecule has 2 aliphatic heterocycles. The molecule has 2 fully saturated rings. The number of aliphatic imine (C=N–C) groups is 1. The fraction of sp³-hybridized carbons (Fsp3) is 0.621. The lowest BCUT2D eigenvalue weighted by Crippen LogP contribution is -2.38. The quantitative estimate of drug-likeness (QED) is 0.525. The van der Waals surface area contributed by atoms with Crippen molar-refractivity contribution < 1.29 is 18.3 Å². The minimum Gasteiger partial charge on any atom is -0.467 e. The number of fused-ring (bicyclic) bond motifs is 2. The summed E-state index contributed by atoms with van der Waals surface area (Å²) in [5.41, 5.74) is 0.461. The maximum Gasteiger partial charge on any atom is 0.278 e. The molecule has 7 nitrogen and oxygen atoms in total. The molecule has 39 heavy (non-hydrogen) atoms. The van der Waals surface area contributed by atoms with E-state index in [0.29, 0.717) is 32.7 Å². The van der Waals surface area contributed by atoms with Gasteiger partial charge in [-0.15, -0.1) is 0 Å². The van der Waals surface area contributed by atoms with Gasteiger partial charge in [0.25, 0.3) is 17.4 Å². The number of pyridine rings is 1. The number of alkyl halides is 2. The summed E-state index contributed by atoms with van der Waals surface area (Å²) >= 11 is 1.52. The minimum atomic E-state index is -2.84. The number of hydrogen-bond donors (Lipinski definition) is 1. The van der Waals surface area contributed by atoms with Crippen molar-refractivity contribution in [3.05, 3.63) is 46.4 Å². The van der Waals surface area contributed by atoms with Gasteiger partial charge in [0, 0.05) is 54.3 Å². The molecule has 5 rings (SSSR count). The highest BCUT2D eigenvalue weighted by Crippen LogP contribution is 2.35. The summed E-state index contributed by atoms with van der Waals surface area (Å²) in [5.74, 6) is -2.29. The number of amides is 1. The van der Waals surface area contributed by atoms with Gasteiger partial charge in [-0.25, -0.2) is 13.8 Å². The van der Waals surface area contributed by atoms with Gasteiger partial charge in [-0.05, 0) is 82.2 Å². The summed E-state index contributed by atoms with van der Waals surface area (Å²) in [5, 5.41) is 5.22. The Morgan fingerprint density at radius 1 is 1.13 bits per heavy atom. The van der Waals surface area contributed by atoms with E-state index >= 15 is 0 Å². The van der Waals surface area contributed by atoms with E-state index in [1.807, 2.05) is 6.07 Å². The van der Waals surface area contributed by atoms with Crippen LogP contribution in [0.2, 0.25) is 0 Å². The van der Waals surface area contributed by atoms with Gasteiger partial charge in [-0.2, -0.15) is 0 Å². The molecule has 1 aromatic heterocycles. The van der Waals surface area contributed by atoms with Crippen molar-refractivity contribution in [2.75, 3.05) is 26.2 Å². The minimum absolute atomic E-state index is 0.0974. The summed E-state index contributed by atoms with van der Waals surface area (Å²) in [7, 11) is 1.71. The zero-order valence-corrected chi connectivity index (χ0v) is 23.5. The zero-order chi connectivity index (χ0) is 27.6. The monoisotopic (exact) mass is 560 g/mol. The van der Waals surface area contributed by atoms with Gasteiger partial charge in [0.15, 0.2) is 6.61 Å². The highest BCUT2D eigenvalue weighted by atomic mass is 32.2. The van der Waals surface area contributed by atoms with Gasteiger partial charge in [0.2, 0.25) is 5.23 Å². The van der Waals surface area contributed by atoms with Crippen molar-refractivity contribution in [1.29, 1.82) is 0 Å². The number of halogens is 2. The van der Waals surface area contributed by atoms with Gasteiger partial charge in [0.05, 0.1) is 6.04 Å². The molecule has 3 aliphatic rings. The van der Waals surface area contributed by atoms with Gasteiger partial charge in [-0.3, -0.25) is 9.59 Å². The topological polar surface area (TPSA) is 75.9 Å². The largest absolute Gasteiger partial charge is 0.467 e. The first-order chi connectivity index (χ1) is 18.7. The van der Waals surface area contributed by atoms with Crippen LogP contribution in [0.4, 0.5) is 8.78 Å². The number of hydrogen-bond acceptors (Lipinski definition) is 6. The maximum absolute atomic E-state index is 13.1. The second-order valence-corrected chi connectivity index (χ2v) is 12.6. The number of thioether (sulfide) groups is 1. The second kappa shape index (κ2) is 12.0. The molecule has 2 atom stereocenters. The lowest BCUT2D eigenvalue weighted by Gasteiger charge is -2.31. The molecule has 3 heterocycles. The predicted molar refractivity (Wildman–Crippen MR) is 152 cm³/mol. The third-order valence-electron chi connectivity index (χ3n) is 8.27. The fourth-order valence-electron chi connectivity index (χ4n) is 5.98. The lowest BCUT2D eigenvalue weighted by molar-refractivity contribution is -0.0257. The van der Waals surface area contributed by atoms with E-state index in [-0.39, 0.29) is 23.6 Å². The summed E-state index contributed by atoms with van der Waals surface area (Å²) in [6.07, 6.45) is 8.93. The molecule has 212 valence electrons. The number of aromatic nitrogens is 1. The average Bonchev–Trinajstić information content (AvgIpc) is 3.21. The Bertz CT molecular complexity index is 1270. The van der Waals surface area contributed by atoms with Crippen molar-refractivity contribution in [1.82, 2.24) is 14.8 Å². The molecule has 1 aliphatic carbocycles. The van der Waals surface area contributed by atoms with E-state index in [1.54, 1.807) is 31.4 Å². The Hall–Kier alpha value is -2.46. The highest BCUT2D eigenvalue weighted by Gasteiger charge is 2.35. The smallest absolute Gasteiger partial charge is 0.278 e. The number of benzene rings is 1. The maximum atomic E-state index is 13.1. The normalized spacial score (nSPS) is 26.1. The van der Waals surface area contributed by atoms with E-state index < -0.39 is 12.5 Å². The Labute approximate surface area is 232 Å². The van der Waals surface area contributed by atoms with E-state index in [2.05, 4.69) is 15.2 Å². The van der Waals surface area contributed by atoms with Crippen molar-refractivity contribution in [2.45, 2.75) is 75.1 Å². The molecule has 1 aromatic carbocycles. The molecule has 1 saturated carbocycles. The van der Waals surface area contributed by atoms with E-state index in [1.165, 1.54) is 16.3 Å². The average molecular weight is 561 g/mol. The zero-order valence-electron chi connectivity index (χ0n) is 22.7. The first-order valence-corrected chi connectivity index (χ1v) is 14.9. The van der Waals surface area contributed by atoms with Crippen LogP contribution in [0.15, 0.2) is 40.2 Å². The van der Waals surface area contributed by atoms with Crippen molar-refractivity contribution >= 4 is 33.7 Å². The number of rotatable bonds is 7. The number of nitrogens with one attached hydrogen (secondary N) is 1. The SMILES string of the molecule is Cn1ccc2c(C(=O)NC3CCC(CCN4CCC5N=C(OCC(C)(F)F)SC5CC4)CC3)cccc2c1=O. The third-order valence-corrected chi connectivity index (χ3v) is 9.55. The first kappa shape index (κ1) is 28.1. The molecule has 1 saturated heterocycles. The van der Waals surface area contributed by atoms with Gasteiger partial charge in [-0.1, -0.05) is 17.8 Å². The van der Waals surface area contributed by atoms with Crippen molar-refractivity contribution in [2.24, 2.45) is 18.0 Å². The Morgan fingerprint density at radius 3 is 2.67 bits per heavy atom. The third kappa shape index (κ3) is 7.01. The van der Waals surface area contributed by atoms with Crippen LogP contribution in [0, 0.1) is 5.92 Å². The summed E-state index contributed by atoms with van der Waals surface area (Å²) in [6.45, 7) is 3.29. The molecule has 0 radical (unpaired) electrons. The van der Waals surface area contributed by atoms with E-state index in [9.17, 15) is 18.4 Å². The van der Waals surface area contributed by atoms with Crippen LogP contribution in [0.5, 0.6) is 0 Å². The lowest BCUT2D eigenvalue weighted by atomic mass is 9.84. The fourth-order valence-corrected chi connectivity index (χ4v) is 7.14. The van der Waals surface area contributed by atoms with E-state index in [4.69, 9.17) is 4.74 Å². The van der Waals surface area contributed by atoms with Crippen LogP contribution < -0.4 is 10.9 Å². The standard InChI is InChI=1S/C29H38F2N4O3S/c1-29(30,31)18-38-28-33-24-12-16-35(17-13-25(24)39-28)15-10-19-6-8-20(9-7-19)32-26(36)22-4-3-5-23-21(22)11-14-34(2)27(23)37/h3-5,11,14,19-20,24-25H,6-10,12-13,15-18H2,1-2H3,(H,32,36). The number of nitrogens with zero attached hydrogens (tertiary/aromatic N) is 3. The summed E-state index contributed by atoms with van der Waals surface area (Å²) < 4.78 is 33.0. The number of aryl methyl sites for hydroxylation is 1. The van der Waals surface area contributed by atoms with Crippen LogP contribution in [-0.4, -0.2) is 70.1 Å². The van der Waals surface area contributed by atoms with Crippen LogP contribution in [-0.2, 0) is 11.8 Å². The second-order valence-electron chi connectivity index (χ2n) is 11.4. The molecule has 0 bridgehead atoms. The van der Waals surface area contributed by atoms with Crippen LogP contribution >= 0.6 is 11.8 Å². The number of carbonyl (C=O) groups is 1. The van der Waals surface area contributed by atoms with Crippen LogP contribution in [0.3, 0.4) is 0 Å². The Kier molecular flexibility index (Phi) is 8.61. The number of ether oxygens (including phenoxy) is 1. The van der Waals surface area contributed by atoms with Gasteiger partial charge >= 0.3 is 0 Å². The molecule has 2 aromatic rings. The Balaban J connectivity index is 1.05. The van der Waals surface area contributed by atoms with Crippen molar-refractivity contribution in [3.8, 4) is 0 Å². The number of carbonyl (C=O) groups excluding carboxylic acids is 1. The molecular formula is C29H38F2N4O3S. The van der Waals surface area contributed by atoms with Gasteiger partial charge < -0.3 is 19.5 Å². The molecule has 0 spiro atoms. The van der Waals surface area contributed by atoms with Crippen molar-refractivity contribution in [3.63, 3.8) is 0 Å². The molecule has 2 unspecified atom stereocenters. The summed E-state index contributed by atoms with van der Waals surface area (Å²) in [4.78, 5) is 32.6. The number of likely N-dealkylation sites (tertiary alicyclic amines) is 1. The van der Waals surface area contributed by atoms with Gasteiger partial charge in [0.1, 0.15) is 0 Å².